The predicted octanol–water partition coefficient (Wildman–Crippen LogP) is 4.23. The summed E-state index contributed by atoms with van der Waals surface area (Å²) in [7, 11) is 0. The van der Waals surface area contributed by atoms with E-state index in [4.69, 9.17) is 0 Å². The van der Waals surface area contributed by atoms with Gasteiger partial charge in [-0.05, 0) is 43.2 Å². The molecule has 6 heteroatoms. The molecule has 2 rings (SSSR count). The molecule has 0 radical (unpaired) electrons. The summed E-state index contributed by atoms with van der Waals surface area (Å²) in [5.41, 5.74) is 2.52. The van der Waals surface area contributed by atoms with E-state index in [0.29, 0.717) is 16.8 Å². The number of nitro groups is 1. The number of carbonyl (C=O) groups is 1. The van der Waals surface area contributed by atoms with Crippen molar-refractivity contribution in [2.45, 2.75) is 13.8 Å². The first-order chi connectivity index (χ1) is 9.88. The van der Waals surface area contributed by atoms with Gasteiger partial charge in [0.05, 0.1) is 4.92 Å². The summed E-state index contributed by atoms with van der Waals surface area (Å²) in [5, 5.41) is 13.5. The van der Waals surface area contributed by atoms with Crippen LogP contribution >= 0.6 is 15.9 Å². The molecule has 0 aromatic heterocycles. The van der Waals surface area contributed by atoms with Crippen molar-refractivity contribution in [2.24, 2.45) is 0 Å². The van der Waals surface area contributed by atoms with Gasteiger partial charge >= 0.3 is 0 Å². The predicted molar refractivity (Wildman–Crippen MR) is 84.7 cm³/mol. The third-order valence-corrected chi connectivity index (χ3v) is 3.98. The number of nitro benzene ring substituents is 1. The van der Waals surface area contributed by atoms with Crippen LogP contribution in [0.4, 0.5) is 11.4 Å². The van der Waals surface area contributed by atoms with Crippen molar-refractivity contribution in [3.8, 4) is 0 Å². The lowest BCUT2D eigenvalue weighted by Gasteiger charge is -2.09. The molecular formula is C15H13BrN2O3. The Bertz CT molecular complexity index is 729. The molecule has 0 fully saturated rings. The highest BCUT2D eigenvalue weighted by atomic mass is 79.9. The molecule has 2 aromatic rings. The van der Waals surface area contributed by atoms with Gasteiger partial charge in [0, 0.05) is 27.9 Å². The largest absolute Gasteiger partial charge is 0.322 e. The van der Waals surface area contributed by atoms with Gasteiger partial charge in [-0.15, -0.1) is 0 Å². The maximum Gasteiger partial charge on any atom is 0.270 e. The standard InChI is InChI=1S/C15H13BrN2O3/c1-9-3-5-12(18(20)21)8-13(9)15(19)17-11-4-6-14(16)10(2)7-11/h3-8H,1-2H3,(H,17,19). The van der Waals surface area contributed by atoms with Crippen LogP contribution in [0.1, 0.15) is 21.5 Å². The molecule has 0 aliphatic carbocycles. The van der Waals surface area contributed by atoms with E-state index >= 15 is 0 Å². The van der Waals surface area contributed by atoms with E-state index in [-0.39, 0.29) is 11.6 Å². The normalized spacial score (nSPS) is 10.2. The molecule has 1 amide bonds. The van der Waals surface area contributed by atoms with Gasteiger partial charge in [0.2, 0.25) is 0 Å². The van der Waals surface area contributed by atoms with Crippen LogP contribution in [0.2, 0.25) is 0 Å². The fourth-order valence-electron chi connectivity index (χ4n) is 1.89. The summed E-state index contributed by atoms with van der Waals surface area (Å²) >= 11 is 3.39. The number of halogens is 1. The highest BCUT2D eigenvalue weighted by Crippen LogP contribution is 2.22. The quantitative estimate of drug-likeness (QED) is 0.666. The number of nitrogens with one attached hydrogen (secondary N) is 1. The Morgan fingerprint density at radius 3 is 2.48 bits per heavy atom. The lowest BCUT2D eigenvalue weighted by atomic mass is 10.1. The third-order valence-electron chi connectivity index (χ3n) is 3.09. The van der Waals surface area contributed by atoms with E-state index in [2.05, 4.69) is 21.2 Å². The second-order valence-corrected chi connectivity index (χ2v) is 5.53. The van der Waals surface area contributed by atoms with E-state index in [1.54, 1.807) is 19.1 Å². The number of amides is 1. The molecule has 2 aromatic carbocycles. The number of aryl methyl sites for hydroxylation is 2. The molecule has 0 aliphatic heterocycles. The highest BCUT2D eigenvalue weighted by molar-refractivity contribution is 9.10. The average Bonchev–Trinajstić information content (AvgIpc) is 2.43. The molecule has 0 saturated carbocycles. The van der Waals surface area contributed by atoms with E-state index in [1.807, 2.05) is 19.1 Å². The zero-order chi connectivity index (χ0) is 15.6. The minimum atomic E-state index is -0.514. The third kappa shape index (κ3) is 3.46. The van der Waals surface area contributed by atoms with Crippen LogP contribution in [0.3, 0.4) is 0 Å². The van der Waals surface area contributed by atoms with Crippen LogP contribution in [0.25, 0.3) is 0 Å². The van der Waals surface area contributed by atoms with Crippen LogP contribution in [-0.2, 0) is 0 Å². The molecule has 0 bridgehead atoms. The Morgan fingerprint density at radius 1 is 1.14 bits per heavy atom. The Kier molecular flexibility index (Phi) is 4.37. The van der Waals surface area contributed by atoms with E-state index in [1.165, 1.54) is 12.1 Å². The molecule has 0 aliphatic rings. The number of non-ortho nitro benzene ring substituents is 1. The van der Waals surface area contributed by atoms with Crippen molar-refractivity contribution in [3.63, 3.8) is 0 Å². The summed E-state index contributed by atoms with van der Waals surface area (Å²) in [5.74, 6) is -0.363. The van der Waals surface area contributed by atoms with Gasteiger partial charge in [-0.1, -0.05) is 22.0 Å². The van der Waals surface area contributed by atoms with Gasteiger partial charge in [0.15, 0.2) is 0 Å². The number of nitrogens with zero attached hydrogens (tertiary/aromatic N) is 1. The zero-order valence-corrected chi connectivity index (χ0v) is 13.1. The SMILES string of the molecule is Cc1cc(NC(=O)c2cc([N+](=O)[O-])ccc2C)ccc1Br. The number of hydrogen-bond acceptors (Lipinski definition) is 3. The smallest absolute Gasteiger partial charge is 0.270 e. The van der Waals surface area contributed by atoms with Crippen LogP contribution in [0.15, 0.2) is 40.9 Å². The number of hydrogen-bond donors (Lipinski definition) is 1. The van der Waals surface area contributed by atoms with Gasteiger partial charge in [0.1, 0.15) is 0 Å². The summed E-state index contributed by atoms with van der Waals surface area (Å²) in [6.07, 6.45) is 0. The second-order valence-electron chi connectivity index (χ2n) is 4.67. The van der Waals surface area contributed by atoms with Gasteiger partial charge in [0.25, 0.3) is 11.6 Å². The molecule has 0 atom stereocenters. The number of rotatable bonds is 3. The lowest BCUT2D eigenvalue weighted by Crippen LogP contribution is -2.13. The Labute approximate surface area is 130 Å². The molecular weight excluding hydrogens is 336 g/mol. The van der Waals surface area contributed by atoms with Crippen molar-refractivity contribution in [2.75, 3.05) is 5.32 Å². The molecule has 21 heavy (non-hydrogen) atoms. The van der Waals surface area contributed by atoms with Crippen LogP contribution < -0.4 is 5.32 Å². The van der Waals surface area contributed by atoms with Crippen molar-refractivity contribution in [1.29, 1.82) is 0 Å². The van der Waals surface area contributed by atoms with E-state index in [0.717, 1.165) is 10.0 Å². The minimum absolute atomic E-state index is 0.0993. The monoisotopic (exact) mass is 348 g/mol. The number of carbonyl (C=O) groups excluding carboxylic acids is 1. The molecule has 5 nitrogen and oxygen atoms in total. The van der Waals surface area contributed by atoms with Crippen LogP contribution in [0, 0.1) is 24.0 Å². The number of benzene rings is 2. The number of anilines is 1. The van der Waals surface area contributed by atoms with E-state index < -0.39 is 4.92 Å². The molecule has 108 valence electrons. The Balaban J connectivity index is 2.29. The second kappa shape index (κ2) is 6.05. The zero-order valence-electron chi connectivity index (χ0n) is 11.5. The first kappa shape index (κ1) is 15.2. The topological polar surface area (TPSA) is 72.2 Å². The van der Waals surface area contributed by atoms with E-state index in [9.17, 15) is 14.9 Å². The molecule has 0 unspecified atom stereocenters. The van der Waals surface area contributed by atoms with Gasteiger partial charge < -0.3 is 5.32 Å². The summed E-state index contributed by atoms with van der Waals surface area (Å²) in [6.45, 7) is 3.66. The fourth-order valence-corrected chi connectivity index (χ4v) is 2.14. The van der Waals surface area contributed by atoms with Crippen molar-refractivity contribution in [3.05, 3.63) is 67.7 Å². The Morgan fingerprint density at radius 2 is 1.86 bits per heavy atom. The molecule has 0 spiro atoms. The van der Waals surface area contributed by atoms with Crippen molar-refractivity contribution >= 4 is 33.2 Å². The maximum atomic E-state index is 12.3. The highest BCUT2D eigenvalue weighted by Gasteiger charge is 2.15. The summed E-state index contributed by atoms with van der Waals surface area (Å²) < 4.78 is 0.951. The molecule has 0 saturated heterocycles. The van der Waals surface area contributed by atoms with Crippen LogP contribution in [-0.4, -0.2) is 10.8 Å². The first-order valence-electron chi connectivity index (χ1n) is 6.21. The summed E-state index contributed by atoms with van der Waals surface area (Å²) in [6, 6.07) is 9.67. The molecule has 0 heterocycles. The fraction of sp³-hybridized carbons (Fsp3) is 0.133. The van der Waals surface area contributed by atoms with Gasteiger partial charge in [-0.25, -0.2) is 0 Å². The van der Waals surface area contributed by atoms with Gasteiger partial charge in [-0.3, -0.25) is 14.9 Å². The van der Waals surface area contributed by atoms with Gasteiger partial charge in [-0.2, -0.15) is 0 Å². The maximum absolute atomic E-state index is 12.3. The van der Waals surface area contributed by atoms with Crippen molar-refractivity contribution < 1.29 is 9.72 Å². The Hall–Kier alpha value is -2.21. The van der Waals surface area contributed by atoms with Crippen LogP contribution in [0.5, 0.6) is 0 Å². The lowest BCUT2D eigenvalue weighted by molar-refractivity contribution is -0.384. The minimum Gasteiger partial charge on any atom is -0.322 e. The van der Waals surface area contributed by atoms with Crippen molar-refractivity contribution in [1.82, 2.24) is 0 Å². The molecule has 1 N–H and O–H groups in total. The summed E-state index contributed by atoms with van der Waals surface area (Å²) in [4.78, 5) is 22.5. The average molecular weight is 349 g/mol. The first-order valence-corrected chi connectivity index (χ1v) is 7.00.